The average Bonchev–Trinajstić information content (AvgIpc) is 2.99. The van der Waals surface area contributed by atoms with Gasteiger partial charge in [-0.1, -0.05) is 0 Å². The number of halogens is 1. The van der Waals surface area contributed by atoms with Crippen molar-refractivity contribution < 1.29 is 14.0 Å². The Labute approximate surface area is 103 Å². The van der Waals surface area contributed by atoms with E-state index >= 15 is 0 Å². The highest BCUT2D eigenvalue weighted by atomic mass is 19.1. The summed E-state index contributed by atoms with van der Waals surface area (Å²) in [6.07, 6.45) is 2.23. The third-order valence-electron chi connectivity index (χ3n) is 2.99. The Kier molecular flexibility index (Phi) is 2.62. The van der Waals surface area contributed by atoms with Gasteiger partial charge in [-0.25, -0.2) is 4.39 Å². The highest BCUT2D eigenvalue weighted by Gasteiger charge is 2.19. The maximum Gasteiger partial charge on any atom is 0.266 e. The second kappa shape index (κ2) is 4.29. The predicted molar refractivity (Wildman–Crippen MR) is 62.8 cm³/mol. The van der Waals surface area contributed by atoms with Crippen molar-refractivity contribution in [2.24, 2.45) is 0 Å². The average molecular weight is 249 g/mol. The Bertz CT molecular complexity index is 564. The Balaban J connectivity index is 1.92. The van der Waals surface area contributed by atoms with Gasteiger partial charge in [0, 0.05) is 19.2 Å². The topological polar surface area (TPSA) is 62.4 Å². The molecule has 2 heterocycles. The molecule has 18 heavy (non-hydrogen) atoms. The molecule has 0 saturated carbocycles. The maximum absolute atomic E-state index is 12.9. The van der Waals surface area contributed by atoms with Crippen LogP contribution in [-0.4, -0.2) is 28.3 Å². The van der Waals surface area contributed by atoms with Gasteiger partial charge >= 0.3 is 0 Å². The molecule has 1 aromatic heterocycles. The smallest absolute Gasteiger partial charge is 0.266 e. The van der Waals surface area contributed by atoms with Crippen molar-refractivity contribution in [2.45, 2.75) is 12.8 Å². The lowest BCUT2D eigenvalue weighted by atomic mass is 10.2. The van der Waals surface area contributed by atoms with Gasteiger partial charge in [-0.15, -0.1) is 0 Å². The molecule has 0 radical (unpaired) electrons. The molecule has 0 unspecified atom stereocenters. The van der Waals surface area contributed by atoms with Crippen molar-refractivity contribution in [1.82, 2.24) is 10.1 Å². The van der Waals surface area contributed by atoms with Crippen molar-refractivity contribution in [2.75, 3.05) is 18.0 Å². The second-order valence-electron chi connectivity index (χ2n) is 4.26. The van der Waals surface area contributed by atoms with E-state index in [1.54, 1.807) is 0 Å². The fourth-order valence-corrected chi connectivity index (χ4v) is 2.06. The molecule has 1 saturated heterocycles. The van der Waals surface area contributed by atoms with E-state index in [0.717, 1.165) is 32.0 Å². The standard InChI is InChI=1S/C12H12FN3O2/c13-8-3-4-9(10(17)7-8)11-14-12(15-18-11)16-5-1-2-6-16/h3-4,7,17H,1-2,5-6H2. The number of benzene rings is 1. The van der Waals surface area contributed by atoms with Crippen LogP contribution < -0.4 is 4.90 Å². The number of nitrogens with zero attached hydrogens (tertiary/aromatic N) is 3. The van der Waals surface area contributed by atoms with E-state index in [2.05, 4.69) is 10.1 Å². The summed E-state index contributed by atoms with van der Waals surface area (Å²) in [5.41, 5.74) is 0.342. The van der Waals surface area contributed by atoms with Gasteiger partial charge in [0.2, 0.25) is 0 Å². The molecule has 0 atom stereocenters. The van der Waals surface area contributed by atoms with Crippen molar-refractivity contribution in [3.63, 3.8) is 0 Å². The monoisotopic (exact) mass is 249 g/mol. The number of hydrogen-bond donors (Lipinski definition) is 1. The largest absolute Gasteiger partial charge is 0.507 e. The number of hydrogen-bond acceptors (Lipinski definition) is 5. The zero-order chi connectivity index (χ0) is 12.5. The molecular formula is C12H12FN3O2. The number of phenols is 1. The molecule has 1 fully saturated rings. The van der Waals surface area contributed by atoms with Gasteiger partial charge in [-0.3, -0.25) is 0 Å². The normalized spacial score (nSPS) is 15.3. The third kappa shape index (κ3) is 1.90. The van der Waals surface area contributed by atoms with Crippen LogP contribution in [0.1, 0.15) is 12.8 Å². The van der Waals surface area contributed by atoms with E-state index < -0.39 is 5.82 Å². The summed E-state index contributed by atoms with van der Waals surface area (Å²) >= 11 is 0. The Hall–Kier alpha value is -2.11. The van der Waals surface area contributed by atoms with Crippen LogP contribution in [0.2, 0.25) is 0 Å². The Morgan fingerprint density at radius 2 is 2.06 bits per heavy atom. The molecule has 0 spiro atoms. The van der Waals surface area contributed by atoms with Gasteiger partial charge in [0.1, 0.15) is 11.6 Å². The minimum absolute atomic E-state index is 0.202. The first-order chi connectivity index (χ1) is 8.74. The third-order valence-corrected chi connectivity index (χ3v) is 2.99. The van der Waals surface area contributed by atoms with Gasteiger partial charge in [0.15, 0.2) is 0 Å². The molecule has 5 nitrogen and oxygen atoms in total. The zero-order valence-electron chi connectivity index (χ0n) is 9.64. The summed E-state index contributed by atoms with van der Waals surface area (Å²) in [5, 5.41) is 13.5. The van der Waals surface area contributed by atoms with Crippen LogP contribution in [0, 0.1) is 5.82 Å². The minimum Gasteiger partial charge on any atom is -0.507 e. The number of phenolic OH excluding ortho intramolecular Hbond substituents is 1. The lowest BCUT2D eigenvalue weighted by Gasteiger charge is -2.09. The van der Waals surface area contributed by atoms with E-state index in [9.17, 15) is 9.50 Å². The molecule has 0 bridgehead atoms. The molecule has 6 heteroatoms. The number of rotatable bonds is 2. The summed E-state index contributed by atoms with van der Waals surface area (Å²) in [6, 6.07) is 3.69. The molecule has 0 aliphatic carbocycles. The number of aromatic hydroxyl groups is 1. The van der Waals surface area contributed by atoms with Gasteiger partial charge in [-0.2, -0.15) is 4.98 Å². The van der Waals surface area contributed by atoms with Crippen LogP contribution >= 0.6 is 0 Å². The van der Waals surface area contributed by atoms with Crippen LogP contribution in [0.15, 0.2) is 22.7 Å². The van der Waals surface area contributed by atoms with E-state index in [1.165, 1.54) is 12.1 Å². The first kappa shape index (κ1) is 11.0. The Morgan fingerprint density at radius 1 is 1.28 bits per heavy atom. The lowest BCUT2D eigenvalue weighted by Crippen LogP contribution is -2.18. The lowest BCUT2D eigenvalue weighted by molar-refractivity contribution is 0.423. The van der Waals surface area contributed by atoms with Crippen LogP contribution in [0.5, 0.6) is 5.75 Å². The molecule has 3 rings (SSSR count). The van der Waals surface area contributed by atoms with E-state index in [1.807, 2.05) is 4.90 Å². The maximum atomic E-state index is 12.9. The quantitative estimate of drug-likeness (QED) is 0.883. The molecule has 2 aromatic rings. The van der Waals surface area contributed by atoms with Crippen LogP contribution in [0.3, 0.4) is 0 Å². The summed E-state index contributed by atoms with van der Waals surface area (Å²) in [6.45, 7) is 1.82. The summed E-state index contributed by atoms with van der Waals surface area (Å²) in [7, 11) is 0. The molecule has 1 aliphatic heterocycles. The van der Waals surface area contributed by atoms with E-state index in [0.29, 0.717) is 11.5 Å². The number of aromatic nitrogens is 2. The van der Waals surface area contributed by atoms with Crippen molar-refractivity contribution >= 4 is 5.95 Å². The first-order valence-electron chi connectivity index (χ1n) is 5.81. The summed E-state index contributed by atoms with van der Waals surface area (Å²) in [4.78, 5) is 6.24. The highest BCUT2D eigenvalue weighted by Crippen LogP contribution is 2.29. The van der Waals surface area contributed by atoms with Gasteiger partial charge in [0.05, 0.1) is 5.56 Å². The minimum atomic E-state index is -0.504. The molecule has 94 valence electrons. The fourth-order valence-electron chi connectivity index (χ4n) is 2.06. The predicted octanol–water partition coefficient (Wildman–Crippen LogP) is 2.18. The summed E-state index contributed by atoms with van der Waals surface area (Å²) in [5.74, 6) is 0.0165. The zero-order valence-corrected chi connectivity index (χ0v) is 9.64. The van der Waals surface area contributed by atoms with Crippen LogP contribution in [0.4, 0.5) is 10.3 Å². The highest BCUT2D eigenvalue weighted by molar-refractivity contribution is 5.62. The van der Waals surface area contributed by atoms with Gasteiger partial charge in [-0.05, 0) is 30.1 Å². The van der Waals surface area contributed by atoms with Crippen LogP contribution in [0.25, 0.3) is 11.5 Å². The molecule has 1 aromatic carbocycles. The van der Waals surface area contributed by atoms with Crippen molar-refractivity contribution in [3.8, 4) is 17.2 Å². The SMILES string of the molecule is Oc1cc(F)ccc1-c1nc(N2CCCC2)no1. The second-order valence-corrected chi connectivity index (χ2v) is 4.26. The van der Waals surface area contributed by atoms with Crippen molar-refractivity contribution in [3.05, 3.63) is 24.0 Å². The first-order valence-corrected chi connectivity index (χ1v) is 5.81. The van der Waals surface area contributed by atoms with Gasteiger partial charge < -0.3 is 14.5 Å². The van der Waals surface area contributed by atoms with Gasteiger partial charge in [0.25, 0.3) is 11.8 Å². The molecule has 1 N–H and O–H groups in total. The van der Waals surface area contributed by atoms with E-state index in [4.69, 9.17) is 4.52 Å². The van der Waals surface area contributed by atoms with E-state index in [-0.39, 0.29) is 11.6 Å². The van der Waals surface area contributed by atoms with Crippen LogP contribution in [-0.2, 0) is 0 Å². The molecule has 1 aliphatic rings. The Morgan fingerprint density at radius 3 is 2.78 bits per heavy atom. The number of anilines is 1. The molecule has 0 amide bonds. The summed E-state index contributed by atoms with van der Waals surface area (Å²) < 4.78 is 18.0. The molecular weight excluding hydrogens is 237 g/mol. The van der Waals surface area contributed by atoms with Crippen molar-refractivity contribution in [1.29, 1.82) is 0 Å². The fraction of sp³-hybridized carbons (Fsp3) is 0.333.